The number of aryl methyl sites for hydroxylation is 1. The van der Waals surface area contributed by atoms with Crippen LogP contribution < -0.4 is 10.6 Å². The number of thiocarbonyl (C=S) groups is 1. The summed E-state index contributed by atoms with van der Waals surface area (Å²) in [6, 6.07) is 9.61. The highest BCUT2D eigenvalue weighted by Crippen LogP contribution is 2.18. The zero-order valence-electron chi connectivity index (χ0n) is 12.6. The lowest BCUT2D eigenvalue weighted by Crippen LogP contribution is -2.43. The molecule has 1 aliphatic rings. The van der Waals surface area contributed by atoms with Crippen LogP contribution in [-0.4, -0.2) is 11.2 Å². The van der Waals surface area contributed by atoms with E-state index >= 15 is 0 Å². The Morgan fingerprint density at radius 2 is 1.85 bits per heavy atom. The first kappa shape index (κ1) is 15.3. The molecule has 1 atom stereocenters. The van der Waals surface area contributed by atoms with Gasteiger partial charge in [-0.05, 0) is 49.5 Å². The van der Waals surface area contributed by atoms with E-state index in [0.717, 1.165) is 11.5 Å². The van der Waals surface area contributed by atoms with Gasteiger partial charge in [0, 0.05) is 6.04 Å². The van der Waals surface area contributed by atoms with Crippen LogP contribution >= 0.6 is 12.2 Å². The lowest BCUT2D eigenvalue weighted by atomic mass is 9.96. The topological polar surface area (TPSA) is 24.1 Å². The van der Waals surface area contributed by atoms with Gasteiger partial charge >= 0.3 is 0 Å². The molecule has 0 heterocycles. The second kappa shape index (κ2) is 7.63. The Morgan fingerprint density at radius 3 is 2.45 bits per heavy atom. The number of hydrogen-bond donors (Lipinski definition) is 2. The van der Waals surface area contributed by atoms with Crippen LogP contribution in [0.5, 0.6) is 0 Å². The van der Waals surface area contributed by atoms with Gasteiger partial charge in [0.2, 0.25) is 0 Å². The lowest BCUT2D eigenvalue weighted by Gasteiger charge is -2.26. The number of benzene rings is 1. The summed E-state index contributed by atoms with van der Waals surface area (Å²) < 4.78 is 0. The van der Waals surface area contributed by atoms with Crippen molar-refractivity contribution in [3.63, 3.8) is 0 Å². The zero-order chi connectivity index (χ0) is 14.4. The summed E-state index contributed by atoms with van der Waals surface area (Å²) in [5.41, 5.74) is 2.67. The third-order valence-electron chi connectivity index (χ3n) is 4.18. The maximum atomic E-state index is 5.44. The molecule has 0 aliphatic heterocycles. The first-order valence-corrected chi connectivity index (χ1v) is 8.25. The van der Waals surface area contributed by atoms with Crippen molar-refractivity contribution < 1.29 is 0 Å². The molecular weight excluding hydrogens is 264 g/mol. The average molecular weight is 290 g/mol. The van der Waals surface area contributed by atoms with Gasteiger partial charge in [-0.3, -0.25) is 0 Å². The standard InChI is InChI=1S/C17H26N2S/c1-3-14-9-11-15(12-10-14)13(2)18-17(20)19-16-7-5-4-6-8-16/h9-13,16H,3-8H2,1-2H3,(H2,18,19,20)/t13-/m1/s1. The van der Waals surface area contributed by atoms with Crippen LogP contribution in [0.2, 0.25) is 0 Å². The summed E-state index contributed by atoms with van der Waals surface area (Å²) >= 11 is 5.44. The van der Waals surface area contributed by atoms with Crippen LogP contribution in [0, 0.1) is 0 Å². The molecule has 0 radical (unpaired) electrons. The van der Waals surface area contributed by atoms with Crippen LogP contribution in [0.25, 0.3) is 0 Å². The minimum absolute atomic E-state index is 0.254. The van der Waals surface area contributed by atoms with Gasteiger partial charge in [0.05, 0.1) is 6.04 Å². The normalized spacial score (nSPS) is 17.5. The van der Waals surface area contributed by atoms with Crippen molar-refractivity contribution in [2.24, 2.45) is 0 Å². The van der Waals surface area contributed by atoms with Gasteiger partial charge in [-0.25, -0.2) is 0 Å². The fourth-order valence-electron chi connectivity index (χ4n) is 2.80. The number of hydrogen-bond acceptors (Lipinski definition) is 1. The minimum atomic E-state index is 0.254. The Labute approximate surface area is 128 Å². The van der Waals surface area contributed by atoms with Crippen molar-refractivity contribution in [1.29, 1.82) is 0 Å². The highest BCUT2D eigenvalue weighted by molar-refractivity contribution is 7.80. The van der Waals surface area contributed by atoms with Crippen molar-refractivity contribution in [3.05, 3.63) is 35.4 Å². The molecular formula is C17H26N2S. The highest BCUT2D eigenvalue weighted by atomic mass is 32.1. The smallest absolute Gasteiger partial charge is 0.166 e. The largest absolute Gasteiger partial charge is 0.360 e. The predicted octanol–water partition coefficient (Wildman–Crippen LogP) is 4.11. The van der Waals surface area contributed by atoms with E-state index in [1.165, 1.54) is 43.2 Å². The molecule has 0 unspecified atom stereocenters. The van der Waals surface area contributed by atoms with Gasteiger partial charge in [0.25, 0.3) is 0 Å². The molecule has 110 valence electrons. The van der Waals surface area contributed by atoms with E-state index in [-0.39, 0.29) is 6.04 Å². The fourth-order valence-corrected chi connectivity index (χ4v) is 3.14. The summed E-state index contributed by atoms with van der Waals surface area (Å²) in [6.07, 6.45) is 7.62. The molecule has 1 fully saturated rings. The van der Waals surface area contributed by atoms with Gasteiger partial charge < -0.3 is 10.6 Å². The van der Waals surface area contributed by atoms with E-state index in [1.807, 2.05) is 0 Å². The molecule has 1 aromatic rings. The summed E-state index contributed by atoms with van der Waals surface area (Å²) in [5.74, 6) is 0. The molecule has 2 N–H and O–H groups in total. The van der Waals surface area contributed by atoms with E-state index in [2.05, 4.69) is 48.7 Å². The summed E-state index contributed by atoms with van der Waals surface area (Å²) in [4.78, 5) is 0. The van der Waals surface area contributed by atoms with Gasteiger partial charge in [-0.15, -0.1) is 0 Å². The number of nitrogens with one attached hydrogen (secondary N) is 2. The third kappa shape index (κ3) is 4.48. The van der Waals surface area contributed by atoms with Crippen LogP contribution in [0.4, 0.5) is 0 Å². The van der Waals surface area contributed by atoms with E-state index < -0.39 is 0 Å². The van der Waals surface area contributed by atoms with Crippen molar-refractivity contribution >= 4 is 17.3 Å². The second-order valence-electron chi connectivity index (χ2n) is 5.77. The van der Waals surface area contributed by atoms with Crippen molar-refractivity contribution in [2.45, 2.75) is 64.5 Å². The number of rotatable bonds is 4. The van der Waals surface area contributed by atoms with E-state index in [9.17, 15) is 0 Å². The summed E-state index contributed by atoms with van der Waals surface area (Å²) in [5, 5.41) is 7.66. The maximum absolute atomic E-state index is 5.44. The highest BCUT2D eigenvalue weighted by Gasteiger charge is 2.15. The van der Waals surface area contributed by atoms with Crippen LogP contribution in [0.1, 0.15) is 63.1 Å². The maximum Gasteiger partial charge on any atom is 0.166 e. The molecule has 20 heavy (non-hydrogen) atoms. The quantitative estimate of drug-likeness (QED) is 0.816. The molecule has 0 amide bonds. The molecule has 2 rings (SSSR count). The Hall–Kier alpha value is -1.09. The van der Waals surface area contributed by atoms with Gasteiger partial charge in [-0.1, -0.05) is 50.5 Å². The molecule has 0 spiro atoms. The first-order valence-electron chi connectivity index (χ1n) is 7.85. The second-order valence-corrected chi connectivity index (χ2v) is 6.18. The Morgan fingerprint density at radius 1 is 1.20 bits per heavy atom. The van der Waals surface area contributed by atoms with E-state index in [4.69, 9.17) is 12.2 Å². The predicted molar refractivity (Wildman–Crippen MR) is 90.0 cm³/mol. The molecule has 0 saturated heterocycles. The van der Waals surface area contributed by atoms with Crippen molar-refractivity contribution in [3.8, 4) is 0 Å². The summed E-state index contributed by atoms with van der Waals surface area (Å²) in [6.45, 7) is 4.34. The zero-order valence-corrected chi connectivity index (χ0v) is 13.4. The van der Waals surface area contributed by atoms with E-state index in [1.54, 1.807) is 0 Å². The Bertz CT molecular complexity index is 421. The van der Waals surface area contributed by atoms with Gasteiger partial charge in [0.1, 0.15) is 0 Å². The van der Waals surface area contributed by atoms with Crippen LogP contribution in [0.15, 0.2) is 24.3 Å². The van der Waals surface area contributed by atoms with Crippen molar-refractivity contribution in [2.75, 3.05) is 0 Å². The fraction of sp³-hybridized carbons (Fsp3) is 0.588. The Balaban J connectivity index is 1.82. The SMILES string of the molecule is CCc1ccc([C@@H](C)NC(=S)NC2CCCCC2)cc1. The van der Waals surface area contributed by atoms with Crippen LogP contribution in [-0.2, 0) is 6.42 Å². The average Bonchev–Trinajstić information content (AvgIpc) is 2.48. The molecule has 2 nitrogen and oxygen atoms in total. The molecule has 1 saturated carbocycles. The lowest BCUT2D eigenvalue weighted by molar-refractivity contribution is 0.411. The van der Waals surface area contributed by atoms with Crippen molar-refractivity contribution in [1.82, 2.24) is 10.6 Å². The van der Waals surface area contributed by atoms with Gasteiger partial charge in [0.15, 0.2) is 5.11 Å². The molecule has 1 aromatic carbocycles. The first-order chi connectivity index (χ1) is 9.69. The monoisotopic (exact) mass is 290 g/mol. The molecule has 0 bridgehead atoms. The minimum Gasteiger partial charge on any atom is -0.360 e. The van der Waals surface area contributed by atoms with Crippen LogP contribution in [0.3, 0.4) is 0 Å². The Kier molecular flexibility index (Phi) is 5.84. The van der Waals surface area contributed by atoms with E-state index in [0.29, 0.717) is 6.04 Å². The molecule has 1 aliphatic carbocycles. The summed E-state index contributed by atoms with van der Waals surface area (Å²) in [7, 11) is 0. The third-order valence-corrected chi connectivity index (χ3v) is 4.41. The molecule has 3 heteroatoms. The van der Waals surface area contributed by atoms with Gasteiger partial charge in [-0.2, -0.15) is 0 Å². The molecule has 0 aromatic heterocycles.